The zero-order valence-corrected chi connectivity index (χ0v) is 35.7. The largest absolute Gasteiger partial charge is 0.472 e. The lowest BCUT2D eigenvalue weighted by molar-refractivity contribution is -0.870. The number of amides is 1. The molecule has 0 spiro atoms. The molecule has 0 aromatic heterocycles. The highest BCUT2D eigenvalue weighted by atomic mass is 31.2. The van der Waals surface area contributed by atoms with Crippen molar-refractivity contribution in [2.45, 2.75) is 206 Å². The Hall–Kier alpha value is -1.02. The Morgan fingerprint density at radius 2 is 1.04 bits per heavy atom. The van der Waals surface area contributed by atoms with Crippen LogP contribution in [0.4, 0.5) is 0 Å². The number of aliphatic hydroxyl groups is 1. The third-order valence-electron chi connectivity index (χ3n) is 9.67. The van der Waals surface area contributed by atoms with Gasteiger partial charge in [-0.25, -0.2) is 4.57 Å². The Labute approximate surface area is 322 Å². The molecular weight excluding hydrogens is 671 g/mol. The lowest BCUT2D eigenvalue weighted by Crippen LogP contribution is -2.45. The minimum atomic E-state index is -4.33. The van der Waals surface area contributed by atoms with Gasteiger partial charge in [0.15, 0.2) is 0 Å². The first-order valence-corrected chi connectivity index (χ1v) is 23.2. The molecule has 3 unspecified atom stereocenters. The van der Waals surface area contributed by atoms with Crippen LogP contribution in [-0.2, 0) is 18.4 Å². The average Bonchev–Trinajstić information content (AvgIpc) is 3.09. The van der Waals surface area contributed by atoms with Gasteiger partial charge < -0.3 is 19.8 Å². The number of hydrogen-bond donors (Lipinski definition) is 3. The van der Waals surface area contributed by atoms with E-state index in [1.165, 1.54) is 135 Å². The number of phosphoric acid groups is 1. The van der Waals surface area contributed by atoms with Crippen LogP contribution in [0.1, 0.15) is 194 Å². The molecule has 3 atom stereocenters. The fourth-order valence-electron chi connectivity index (χ4n) is 6.15. The van der Waals surface area contributed by atoms with Crippen molar-refractivity contribution in [1.82, 2.24) is 5.32 Å². The van der Waals surface area contributed by atoms with Crippen molar-refractivity contribution in [3.63, 3.8) is 0 Å². The summed E-state index contributed by atoms with van der Waals surface area (Å²) in [7, 11) is 1.57. The molecule has 0 aromatic carbocycles. The number of nitrogens with one attached hydrogen (secondary N) is 1. The van der Waals surface area contributed by atoms with Crippen LogP contribution in [0.5, 0.6) is 0 Å². The van der Waals surface area contributed by atoms with E-state index in [4.69, 9.17) is 9.05 Å². The fraction of sp³-hybridized carbons (Fsp3) is 0.884. The van der Waals surface area contributed by atoms with Gasteiger partial charge in [-0.3, -0.25) is 13.8 Å². The normalized spacial score (nSPS) is 14.7. The van der Waals surface area contributed by atoms with Crippen molar-refractivity contribution in [3.8, 4) is 0 Å². The molecule has 0 rings (SSSR count). The molecule has 1 amide bonds. The van der Waals surface area contributed by atoms with Crippen LogP contribution < -0.4 is 5.32 Å². The van der Waals surface area contributed by atoms with Gasteiger partial charge >= 0.3 is 7.82 Å². The average molecular weight is 758 g/mol. The third kappa shape index (κ3) is 37.3. The number of phosphoric ester groups is 1. The summed E-state index contributed by atoms with van der Waals surface area (Å²) >= 11 is 0. The minimum absolute atomic E-state index is 0.0620. The maximum atomic E-state index is 12.8. The van der Waals surface area contributed by atoms with E-state index in [-0.39, 0.29) is 19.1 Å². The van der Waals surface area contributed by atoms with Crippen molar-refractivity contribution < 1.29 is 32.9 Å². The van der Waals surface area contributed by atoms with E-state index in [1.807, 2.05) is 27.2 Å². The van der Waals surface area contributed by atoms with Gasteiger partial charge in [0.05, 0.1) is 39.9 Å². The molecule has 52 heavy (non-hydrogen) atoms. The molecule has 308 valence electrons. The molecular formula is C43H86N2O6P+. The van der Waals surface area contributed by atoms with Crippen LogP contribution in [0.15, 0.2) is 24.3 Å². The smallest absolute Gasteiger partial charge is 0.387 e. The second kappa shape index (κ2) is 35.7. The summed E-state index contributed by atoms with van der Waals surface area (Å²) in [6, 6.07) is -0.842. The van der Waals surface area contributed by atoms with Gasteiger partial charge in [-0.05, 0) is 44.9 Å². The second-order valence-electron chi connectivity index (χ2n) is 16.1. The standard InChI is InChI=1S/C43H85N2O6P/c1-6-8-10-12-14-16-18-19-20-21-22-23-24-25-27-29-31-33-35-37-43(47)44-41(40-51-52(48,49)50-39-38-45(3,4)5)42(46)36-34-32-30-28-26-17-15-13-11-9-7-2/h19-20,34,36,41-42,46H,6-18,21-33,35,37-40H2,1-5H3,(H-,44,47,48,49)/p+1/b20-19-,36-34+. The zero-order chi connectivity index (χ0) is 38.6. The number of carbonyl (C=O) groups is 1. The van der Waals surface area contributed by atoms with Crippen LogP contribution in [0.25, 0.3) is 0 Å². The van der Waals surface area contributed by atoms with Crippen molar-refractivity contribution in [1.29, 1.82) is 0 Å². The molecule has 9 heteroatoms. The van der Waals surface area contributed by atoms with E-state index in [0.717, 1.165) is 38.5 Å². The van der Waals surface area contributed by atoms with Gasteiger partial charge in [-0.2, -0.15) is 0 Å². The zero-order valence-electron chi connectivity index (χ0n) is 34.8. The van der Waals surface area contributed by atoms with Crippen molar-refractivity contribution in [3.05, 3.63) is 24.3 Å². The number of rotatable bonds is 39. The molecule has 0 bridgehead atoms. The minimum Gasteiger partial charge on any atom is -0.387 e. The van der Waals surface area contributed by atoms with Crippen LogP contribution in [-0.4, -0.2) is 73.4 Å². The molecule has 0 radical (unpaired) electrons. The van der Waals surface area contributed by atoms with Gasteiger partial charge in [0.25, 0.3) is 0 Å². The number of quaternary nitrogens is 1. The predicted molar refractivity (Wildman–Crippen MR) is 221 cm³/mol. The quantitative estimate of drug-likeness (QED) is 0.0250. The first kappa shape index (κ1) is 51.0. The summed E-state index contributed by atoms with van der Waals surface area (Å²) in [5, 5.41) is 13.8. The van der Waals surface area contributed by atoms with Gasteiger partial charge in [-0.1, -0.05) is 167 Å². The first-order valence-electron chi connectivity index (χ1n) is 21.7. The molecule has 3 N–H and O–H groups in total. The summed E-state index contributed by atoms with van der Waals surface area (Å²) in [5.74, 6) is -0.181. The molecule has 0 saturated carbocycles. The van der Waals surface area contributed by atoms with Crippen molar-refractivity contribution >= 4 is 13.7 Å². The maximum Gasteiger partial charge on any atom is 0.472 e. The third-order valence-corrected chi connectivity index (χ3v) is 10.6. The summed E-state index contributed by atoms with van der Waals surface area (Å²) in [6.45, 7) is 4.79. The van der Waals surface area contributed by atoms with Crippen LogP contribution in [0.2, 0.25) is 0 Å². The van der Waals surface area contributed by atoms with Crippen molar-refractivity contribution in [2.24, 2.45) is 0 Å². The Bertz CT molecular complexity index is 907. The number of likely N-dealkylation sites (N-methyl/N-ethyl adjacent to an activating group) is 1. The first-order chi connectivity index (χ1) is 25.0. The number of hydrogen-bond acceptors (Lipinski definition) is 5. The highest BCUT2D eigenvalue weighted by Crippen LogP contribution is 2.43. The summed E-state index contributed by atoms with van der Waals surface area (Å²) < 4.78 is 23.5. The Kier molecular flexibility index (Phi) is 35.0. The monoisotopic (exact) mass is 758 g/mol. The maximum absolute atomic E-state index is 12.8. The van der Waals surface area contributed by atoms with Crippen molar-refractivity contribution in [2.75, 3.05) is 40.9 Å². The highest BCUT2D eigenvalue weighted by molar-refractivity contribution is 7.47. The van der Waals surface area contributed by atoms with Gasteiger partial charge in [-0.15, -0.1) is 0 Å². The summed E-state index contributed by atoms with van der Waals surface area (Å²) in [5.41, 5.74) is 0. The van der Waals surface area contributed by atoms with Crippen LogP contribution >= 0.6 is 7.82 Å². The lowest BCUT2D eigenvalue weighted by Gasteiger charge is -2.25. The Morgan fingerprint density at radius 3 is 1.48 bits per heavy atom. The Morgan fingerprint density at radius 1 is 0.635 bits per heavy atom. The number of aliphatic hydroxyl groups excluding tert-OH is 1. The highest BCUT2D eigenvalue weighted by Gasteiger charge is 2.27. The lowest BCUT2D eigenvalue weighted by atomic mass is 10.0. The van der Waals surface area contributed by atoms with Gasteiger partial charge in [0.2, 0.25) is 5.91 Å². The summed E-state index contributed by atoms with van der Waals surface area (Å²) in [4.78, 5) is 23.1. The van der Waals surface area contributed by atoms with Crippen LogP contribution in [0, 0.1) is 0 Å². The fourth-order valence-corrected chi connectivity index (χ4v) is 6.89. The molecule has 0 saturated heterocycles. The molecule has 0 aliphatic rings. The van der Waals surface area contributed by atoms with E-state index < -0.39 is 20.0 Å². The van der Waals surface area contributed by atoms with E-state index in [0.29, 0.717) is 17.4 Å². The molecule has 0 aliphatic heterocycles. The van der Waals surface area contributed by atoms with E-state index in [2.05, 4.69) is 31.3 Å². The van der Waals surface area contributed by atoms with Gasteiger partial charge in [0, 0.05) is 6.42 Å². The van der Waals surface area contributed by atoms with Crippen LogP contribution in [0.3, 0.4) is 0 Å². The number of unbranched alkanes of at least 4 members (excludes halogenated alkanes) is 24. The van der Waals surface area contributed by atoms with Gasteiger partial charge in [0.1, 0.15) is 13.2 Å². The number of carbonyl (C=O) groups excluding carboxylic acids is 1. The molecule has 0 heterocycles. The predicted octanol–water partition coefficient (Wildman–Crippen LogP) is 11.7. The molecule has 0 fully saturated rings. The van der Waals surface area contributed by atoms with E-state index >= 15 is 0 Å². The number of allylic oxidation sites excluding steroid dienone is 3. The number of nitrogens with zero attached hydrogens (tertiary/aromatic N) is 1. The second-order valence-corrected chi connectivity index (χ2v) is 17.5. The Balaban J connectivity index is 4.36. The molecule has 8 nitrogen and oxygen atoms in total. The molecule has 0 aromatic rings. The SMILES string of the molecule is CCCCCCCC/C=C\CCCCCCCCCCCC(=O)NC(COP(=O)(O)OCC[N+](C)(C)C)C(O)/C=C/CCCCCCCCCCC. The topological polar surface area (TPSA) is 105 Å². The van der Waals surface area contributed by atoms with E-state index in [1.54, 1.807) is 6.08 Å². The molecule has 0 aliphatic carbocycles. The summed E-state index contributed by atoms with van der Waals surface area (Å²) in [6.07, 6.45) is 41.0. The van der Waals surface area contributed by atoms with E-state index in [9.17, 15) is 19.4 Å².